The van der Waals surface area contributed by atoms with Crippen molar-refractivity contribution in [3.05, 3.63) is 55.9 Å². The van der Waals surface area contributed by atoms with Gasteiger partial charge in [-0.15, -0.1) is 23.1 Å². The standard InChI is InChI=1S/C18H19N3O2S2/c1-9-5-6-10(2)12(7-9)24-8-13-20-16(22)14-11(3)15(17(23)19-4)25-18(14)21-13/h5-7H,8H2,1-4H3,(H,19,23)(H,20,21,22). The predicted molar refractivity (Wildman–Crippen MR) is 104 cm³/mol. The summed E-state index contributed by atoms with van der Waals surface area (Å²) in [5, 5.41) is 3.11. The number of amides is 1. The van der Waals surface area contributed by atoms with E-state index in [9.17, 15) is 9.59 Å². The van der Waals surface area contributed by atoms with Crippen molar-refractivity contribution in [3.63, 3.8) is 0 Å². The van der Waals surface area contributed by atoms with Gasteiger partial charge in [-0.2, -0.15) is 0 Å². The highest BCUT2D eigenvalue weighted by molar-refractivity contribution is 7.98. The molecule has 0 unspecified atom stereocenters. The minimum absolute atomic E-state index is 0.189. The lowest BCUT2D eigenvalue weighted by Crippen LogP contribution is -2.17. The zero-order chi connectivity index (χ0) is 18.1. The molecule has 0 aliphatic heterocycles. The number of hydrogen-bond donors (Lipinski definition) is 2. The van der Waals surface area contributed by atoms with Crippen LogP contribution in [0.25, 0.3) is 10.2 Å². The van der Waals surface area contributed by atoms with E-state index in [0.29, 0.717) is 32.2 Å². The molecule has 3 rings (SSSR count). The molecule has 0 aliphatic rings. The van der Waals surface area contributed by atoms with Gasteiger partial charge < -0.3 is 10.3 Å². The van der Waals surface area contributed by atoms with Crippen LogP contribution in [-0.2, 0) is 5.75 Å². The molecule has 1 aromatic carbocycles. The van der Waals surface area contributed by atoms with Crippen molar-refractivity contribution in [3.8, 4) is 0 Å². The van der Waals surface area contributed by atoms with Crippen LogP contribution < -0.4 is 10.9 Å². The molecule has 3 aromatic rings. The zero-order valence-electron chi connectivity index (χ0n) is 14.5. The summed E-state index contributed by atoms with van der Waals surface area (Å²) in [4.78, 5) is 34.1. The second kappa shape index (κ2) is 7.01. The monoisotopic (exact) mass is 373 g/mol. The maximum atomic E-state index is 12.4. The fourth-order valence-corrected chi connectivity index (χ4v) is 4.74. The van der Waals surface area contributed by atoms with Gasteiger partial charge in [-0.1, -0.05) is 17.7 Å². The van der Waals surface area contributed by atoms with E-state index >= 15 is 0 Å². The van der Waals surface area contributed by atoms with Crippen LogP contribution in [0.15, 0.2) is 27.9 Å². The minimum atomic E-state index is -0.189. The van der Waals surface area contributed by atoms with E-state index in [0.717, 1.165) is 0 Å². The van der Waals surface area contributed by atoms with Gasteiger partial charge in [0.2, 0.25) is 0 Å². The molecule has 0 bridgehead atoms. The molecule has 0 fully saturated rings. The van der Waals surface area contributed by atoms with Gasteiger partial charge in [0.05, 0.1) is 16.0 Å². The first-order valence-electron chi connectivity index (χ1n) is 7.85. The Labute approximate surface area is 153 Å². The lowest BCUT2D eigenvalue weighted by molar-refractivity contribution is 0.0966. The molecule has 130 valence electrons. The van der Waals surface area contributed by atoms with Gasteiger partial charge in [-0.25, -0.2) is 4.98 Å². The van der Waals surface area contributed by atoms with Crippen LogP contribution in [0.2, 0.25) is 0 Å². The van der Waals surface area contributed by atoms with Crippen LogP contribution in [0.1, 0.15) is 32.2 Å². The topological polar surface area (TPSA) is 74.8 Å². The second-order valence-electron chi connectivity index (χ2n) is 5.89. The first-order valence-corrected chi connectivity index (χ1v) is 9.65. The van der Waals surface area contributed by atoms with Gasteiger partial charge in [-0.05, 0) is 38.0 Å². The van der Waals surface area contributed by atoms with E-state index in [4.69, 9.17) is 0 Å². The number of nitrogens with zero attached hydrogens (tertiary/aromatic N) is 1. The normalized spacial score (nSPS) is 11.0. The summed E-state index contributed by atoms with van der Waals surface area (Å²) in [5.41, 5.74) is 2.90. The first-order chi connectivity index (χ1) is 11.9. The van der Waals surface area contributed by atoms with E-state index < -0.39 is 0 Å². The van der Waals surface area contributed by atoms with Crippen molar-refractivity contribution < 1.29 is 4.79 Å². The number of thioether (sulfide) groups is 1. The smallest absolute Gasteiger partial charge is 0.261 e. The molecule has 2 heterocycles. The van der Waals surface area contributed by atoms with E-state index in [1.807, 2.05) is 0 Å². The summed E-state index contributed by atoms with van der Waals surface area (Å²) in [6.07, 6.45) is 0. The molecule has 1 amide bonds. The van der Waals surface area contributed by atoms with Gasteiger partial charge in [0.1, 0.15) is 10.7 Å². The largest absolute Gasteiger partial charge is 0.354 e. The van der Waals surface area contributed by atoms with Crippen LogP contribution in [0.5, 0.6) is 0 Å². The van der Waals surface area contributed by atoms with Crippen LogP contribution >= 0.6 is 23.1 Å². The lowest BCUT2D eigenvalue weighted by atomic mass is 10.2. The highest BCUT2D eigenvalue weighted by Crippen LogP contribution is 2.29. The third-order valence-electron chi connectivity index (χ3n) is 3.99. The highest BCUT2D eigenvalue weighted by atomic mass is 32.2. The zero-order valence-corrected chi connectivity index (χ0v) is 16.2. The van der Waals surface area contributed by atoms with Gasteiger partial charge >= 0.3 is 0 Å². The third-order valence-corrected chi connectivity index (χ3v) is 6.34. The molecule has 2 aromatic heterocycles. The number of aromatic amines is 1. The van der Waals surface area contributed by atoms with Crippen LogP contribution in [0.4, 0.5) is 0 Å². The summed E-state index contributed by atoms with van der Waals surface area (Å²) < 4.78 is 0. The SMILES string of the molecule is CNC(=O)c1sc2nc(CSc3cc(C)ccc3C)[nH]c(=O)c2c1C. The number of benzene rings is 1. The number of aryl methyl sites for hydroxylation is 3. The summed E-state index contributed by atoms with van der Waals surface area (Å²) >= 11 is 2.91. The molecule has 0 radical (unpaired) electrons. The molecule has 0 saturated heterocycles. The van der Waals surface area contributed by atoms with Crippen molar-refractivity contribution in [2.75, 3.05) is 7.05 Å². The second-order valence-corrected chi connectivity index (χ2v) is 7.90. The molecule has 7 heteroatoms. The fourth-order valence-electron chi connectivity index (χ4n) is 2.60. The van der Waals surface area contributed by atoms with Crippen molar-refractivity contribution in [2.24, 2.45) is 0 Å². The number of rotatable bonds is 4. The average Bonchev–Trinajstić information content (AvgIpc) is 2.92. The number of aromatic nitrogens is 2. The summed E-state index contributed by atoms with van der Waals surface area (Å²) in [6.45, 7) is 5.91. The summed E-state index contributed by atoms with van der Waals surface area (Å²) in [7, 11) is 1.58. The number of H-pyrrole nitrogens is 1. The van der Waals surface area contributed by atoms with Gasteiger partial charge in [0.15, 0.2) is 0 Å². The molecule has 0 aliphatic carbocycles. The average molecular weight is 374 g/mol. The quantitative estimate of drug-likeness (QED) is 0.686. The molecule has 5 nitrogen and oxygen atoms in total. The predicted octanol–water partition coefficient (Wildman–Crippen LogP) is 3.56. The maximum Gasteiger partial charge on any atom is 0.261 e. The van der Waals surface area contributed by atoms with Crippen molar-refractivity contribution in [1.29, 1.82) is 0 Å². The van der Waals surface area contributed by atoms with Gasteiger partial charge in [0, 0.05) is 11.9 Å². The van der Waals surface area contributed by atoms with Gasteiger partial charge in [-0.3, -0.25) is 9.59 Å². The highest BCUT2D eigenvalue weighted by Gasteiger charge is 2.18. The summed E-state index contributed by atoms with van der Waals surface area (Å²) in [6, 6.07) is 6.31. The Morgan fingerprint density at radius 1 is 1.32 bits per heavy atom. The fraction of sp³-hybridized carbons (Fsp3) is 0.278. The maximum absolute atomic E-state index is 12.4. The van der Waals surface area contributed by atoms with E-state index in [1.54, 1.807) is 25.7 Å². The van der Waals surface area contributed by atoms with Crippen molar-refractivity contribution in [1.82, 2.24) is 15.3 Å². The minimum Gasteiger partial charge on any atom is -0.354 e. The van der Waals surface area contributed by atoms with E-state index in [2.05, 4.69) is 47.3 Å². The molecule has 0 spiro atoms. The van der Waals surface area contributed by atoms with Crippen LogP contribution in [-0.4, -0.2) is 22.9 Å². The molecular formula is C18H19N3O2S2. The molecule has 0 saturated carbocycles. The number of carbonyl (C=O) groups excluding carboxylic acids is 1. The van der Waals surface area contributed by atoms with Gasteiger partial charge in [0.25, 0.3) is 11.5 Å². The van der Waals surface area contributed by atoms with Crippen LogP contribution in [0.3, 0.4) is 0 Å². The number of hydrogen-bond acceptors (Lipinski definition) is 5. The Morgan fingerprint density at radius 3 is 2.80 bits per heavy atom. The Hall–Kier alpha value is -2.12. The Balaban J connectivity index is 1.94. The van der Waals surface area contributed by atoms with E-state index in [-0.39, 0.29) is 11.5 Å². The van der Waals surface area contributed by atoms with Crippen LogP contribution in [0, 0.1) is 20.8 Å². The van der Waals surface area contributed by atoms with E-state index in [1.165, 1.54) is 27.4 Å². The molecule has 25 heavy (non-hydrogen) atoms. The third kappa shape index (κ3) is 3.48. The van der Waals surface area contributed by atoms with Crippen molar-refractivity contribution >= 4 is 39.2 Å². The molecule has 2 N–H and O–H groups in total. The molecule has 0 atom stereocenters. The number of fused-ring (bicyclic) bond motifs is 1. The Bertz CT molecular complexity index is 1020. The number of nitrogens with one attached hydrogen (secondary N) is 2. The van der Waals surface area contributed by atoms with Crippen molar-refractivity contribution in [2.45, 2.75) is 31.4 Å². The number of thiophene rings is 1. The first kappa shape index (κ1) is 17.7. The lowest BCUT2D eigenvalue weighted by Gasteiger charge is -2.06. The summed E-state index contributed by atoms with van der Waals surface area (Å²) in [5.74, 6) is 1.00. The number of carbonyl (C=O) groups is 1. The molecular weight excluding hydrogens is 354 g/mol. The Kier molecular flexibility index (Phi) is 4.96. The Morgan fingerprint density at radius 2 is 2.08 bits per heavy atom.